The van der Waals surface area contributed by atoms with E-state index in [0.29, 0.717) is 30.8 Å². The lowest BCUT2D eigenvalue weighted by Crippen LogP contribution is -2.14. The Bertz CT molecular complexity index is 836. The fourth-order valence-corrected chi connectivity index (χ4v) is 3.22. The van der Waals surface area contributed by atoms with E-state index in [-0.39, 0.29) is 5.69 Å². The quantitative estimate of drug-likeness (QED) is 0.697. The topological polar surface area (TPSA) is 64.6 Å². The third-order valence-electron chi connectivity index (χ3n) is 3.27. The van der Waals surface area contributed by atoms with Gasteiger partial charge in [-0.3, -0.25) is 4.72 Å². The molecule has 0 atom stereocenters. The molecule has 0 saturated carbocycles. The van der Waals surface area contributed by atoms with E-state index in [0.717, 1.165) is 25.0 Å². The lowest BCUT2D eigenvalue weighted by atomic mass is 10.3. The summed E-state index contributed by atoms with van der Waals surface area (Å²) in [6, 6.07) is 6.67. The minimum Gasteiger partial charge on any atom is -0.490 e. The molecule has 2 aromatic carbocycles. The number of benzene rings is 2. The number of sulfonamides is 1. The number of hydrogen-bond acceptors (Lipinski definition) is 4. The number of ether oxygens (including phenoxy) is 2. The highest BCUT2D eigenvalue weighted by Crippen LogP contribution is 2.32. The van der Waals surface area contributed by atoms with E-state index < -0.39 is 26.6 Å². The molecule has 0 fully saturated rings. The number of hydrogen-bond donors (Lipinski definition) is 1. The van der Waals surface area contributed by atoms with Gasteiger partial charge in [0.05, 0.1) is 23.8 Å². The van der Waals surface area contributed by atoms with Crippen LogP contribution in [0.2, 0.25) is 0 Å². The minimum atomic E-state index is -4.15. The number of rotatable bonds is 9. The van der Waals surface area contributed by atoms with Gasteiger partial charge in [0, 0.05) is 12.1 Å². The van der Waals surface area contributed by atoms with Crippen molar-refractivity contribution in [1.29, 1.82) is 0 Å². The van der Waals surface area contributed by atoms with Gasteiger partial charge in [-0.2, -0.15) is 0 Å². The van der Waals surface area contributed by atoms with Crippen LogP contribution < -0.4 is 14.2 Å². The van der Waals surface area contributed by atoms with E-state index in [4.69, 9.17) is 9.47 Å². The molecule has 5 nitrogen and oxygen atoms in total. The zero-order valence-electron chi connectivity index (χ0n) is 14.6. The van der Waals surface area contributed by atoms with Crippen molar-refractivity contribution in [3.8, 4) is 11.5 Å². The van der Waals surface area contributed by atoms with Crippen LogP contribution in [0, 0.1) is 11.6 Å². The van der Waals surface area contributed by atoms with Crippen LogP contribution in [0.15, 0.2) is 41.3 Å². The van der Waals surface area contributed by atoms with Crippen molar-refractivity contribution < 1.29 is 26.7 Å². The SMILES string of the molecule is CCCOc1ccc(NS(=O)(=O)c2cc(F)cc(F)c2)cc1OCCC. The zero-order chi connectivity index (χ0) is 19.2. The van der Waals surface area contributed by atoms with Crippen molar-refractivity contribution in [1.82, 2.24) is 0 Å². The summed E-state index contributed by atoms with van der Waals surface area (Å²) in [5.41, 5.74) is 0.199. The molecule has 1 N–H and O–H groups in total. The van der Waals surface area contributed by atoms with Crippen LogP contribution in [0.4, 0.5) is 14.5 Å². The third-order valence-corrected chi connectivity index (χ3v) is 4.63. The average Bonchev–Trinajstić information content (AvgIpc) is 2.58. The molecule has 0 amide bonds. The van der Waals surface area contributed by atoms with Gasteiger partial charge in [-0.05, 0) is 37.1 Å². The fourth-order valence-electron chi connectivity index (χ4n) is 2.13. The second-order valence-corrected chi connectivity index (χ2v) is 7.25. The molecule has 8 heteroatoms. The summed E-state index contributed by atoms with van der Waals surface area (Å²) in [4.78, 5) is -0.502. The lowest BCUT2D eigenvalue weighted by Gasteiger charge is -2.14. The van der Waals surface area contributed by atoms with Crippen molar-refractivity contribution >= 4 is 15.7 Å². The summed E-state index contributed by atoms with van der Waals surface area (Å²) in [5.74, 6) is -1.05. The maximum atomic E-state index is 13.3. The van der Waals surface area contributed by atoms with Gasteiger partial charge in [0.2, 0.25) is 0 Å². The predicted molar refractivity (Wildman–Crippen MR) is 95.2 cm³/mol. The minimum absolute atomic E-state index is 0.199. The van der Waals surface area contributed by atoms with Gasteiger partial charge in [-0.15, -0.1) is 0 Å². The number of nitrogens with one attached hydrogen (secondary N) is 1. The van der Waals surface area contributed by atoms with E-state index >= 15 is 0 Å². The molecule has 0 radical (unpaired) electrons. The Balaban J connectivity index is 2.29. The third kappa shape index (κ3) is 5.32. The van der Waals surface area contributed by atoms with Crippen molar-refractivity contribution in [3.63, 3.8) is 0 Å². The normalized spacial score (nSPS) is 11.2. The molecule has 2 aromatic rings. The summed E-state index contributed by atoms with van der Waals surface area (Å²) in [5, 5.41) is 0. The van der Waals surface area contributed by atoms with Crippen LogP contribution in [-0.2, 0) is 10.0 Å². The molecule has 0 aromatic heterocycles. The molecule has 0 bridgehead atoms. The number of halogens is 2. The molecule has 0 aliphatic carbocycles. The summed E-state index contributed by atoms with van der Waals surface area (Å²) in [6.45, 7) is 4.84. The molecule has 0 saturated heterocycles. The van der Waals surface area contributed by atoms with Crippen LogP contribution in [0.3, 0.4) is 0 Å². The first-order chi connectivity index (χ1) is 12.4. The molecule has 26 heavy (non-hydrogen) atoms. The lowest BCUT2D eigenvalue weighted by molar-refractivity contribution is 0.268. The Morgan fingerprint density at radius 3 is 2.04 bits per heavy atom. The Hall–Kier alpha value is -2.35. The standard InChI is InChI=1S/C18H21F2NO4S/c1-3-7-24-17-6-5-15(12-18(17)25-8-4-2)21-26(22,23)16-10-13(19)9-14(20)11-16/h5-6,9-12,21H,3-4,7-8H2,1-2H3. The van der Waals surface area contributed by atoms with Gasteiger partial charge in [0.1, 0.15) is 11.6 Å². The van der Waals surface area contributed by atoms with Crippen LogP contribution in [0.1, 0.15) is 26.7 Å². The van der Waals surface area contributed by atoms with E-state index in [1.165, 1.54) is 12.1 Å². The smallest absolute Gasteiger partial charge is 0.262 e. The Kier molecular flexibility index (Phi) is 6.79. The van der Waals surface area contributed by atoms with E-state index in [2.05, 4.69) is 4.72 Å². The summed E-state index contributed by atoms with van der Waals surface area (Å²) < 4.78 is 64.8. The second kappa shape index (κ2) is 8.84. The van der Waals surface area contributed by atoms with Crippen molar-refractivity contribution in [2.24, 2.45) is 0 Å². The summed E-state index contributed by atoms with van der Waals surface area (Å²) in [7, 11) is -4.15. The largest absolute Gasteiger partial charge is 0.490 e. The van der Waals surface area contributed by atoms with Gasteiger partial charge >= 0.3 is 0 Å². The van der Waals surface area contributed by atoms with Crippen LogP contribution in [0.5, 0.6) is 11.5 Å². The second-order valence-electron chi connectivity index (χ2n) is 5.57. The first kappa shape index (κ1) is 20.0. The van der Waals surface area contributed by atoms with E-state index in [1.807, 2.05) is 13.8 Å². The highest BCUT2D eigenvalue weighted by atomic mass is 32.2. The molecule has 0 unspecified atom stereocenters. The highest BCUT2D eigenvalue weighted by molar-refractivity contribution is 7.92. The molecule has 0 aliphatic rings. The molecule has 142 valence electrons. The molecule has 2 rings (SSSR count). The Morgan fingerprint density at radius 2 is 1.46 bits per heavy atom. The molecule has 0 aliphatic heterocycles. The maximum Gasteiger partial charge on any atom is 0.262 e. The van der Waals surface area contributed by atoms with Gasteiger partial charge in [0.25, 0.3) is 10.0 Å². The van der Waals surface area contributed by atoms with Crippen molar-refractivity contribution in [3.05, 3.63) is 48.0 Å². The van der Waals surface area contributed by atoms with Crippen LogP contribution in [0.25, 0.3) is 0 Å². The molecular formula is C18H21F2NO4S. The first-order valence-electron chi connectivity index (χ1n) is 8.24. The average molecular weight is 385 g/mol. The summed E-state index contributed by atoms with van der Waals surface area (Å²) in [6.07, 6.45) is 1.58. The van der Waals surface area contributed by atoms with Crippen molar-refractivity contribution in [2.75, 3.05) is 17.9 Å². The molecule has 0 heterocycles. The molecular weight excluding hydrogens is 364 g/mol. The predicted octanol–water partition coefficient (Wildman–Crippen LogP) is 4.34. The van der Waals surface area contributed by atoms with Gasteiger partial charge < -0.3 is 9.47 Å². The first-order valence-corrected chi connectivity index (χ1v) is 9.72. The fraction of sp³-hybridized carbons (Fsp3) is 0.333. The van der Waals surface area contributed by atoms with Gasteiger partial charge in [0.15, 0.2) is 11.5 Å². The molecule has 0 spiro atoms. The van der Waals surface area contributed by atoms with Gasteiger partial charge in [-0.1, -0.05) is 13.8 Å². The van der Waals surface area contributed by atoms with E-state index in [1.54, 1.807) is 6.07 Å². The zero-order valence-corrected chi connectivity index (χ0v) is 15.4. The van der Waals surface area contributed by atoms with Gasteiger partial charge in [-0.25, -0.2) is 17.2 Å². The Labute approximate surface area is 152 Å². The highest BCUT2D eigenvalue weighted by Gasteiger charge is 2.18. The number of anilines is 1. The maximum absolute atomic E-state index is 13.3. The van der Waals surface area contributed by atoms with Crippen LogP contribution >= 0.6 is 0 Å². The van der Waals surface area contributed by atoms with Crippen LogP contribution in [-0.4, -0.2) is 21.6 Å². The summed E-state index contributed by atoms with van der Waals surface area (Å²) >= 11 is 0. The monoisotopic (exact) mass is 385 g/mol. The van der Waals surface area contributed by atoms with E-state index in [9.17, 15) is 17.2 Å². The Morgan fingerprint density at radius 1 is 0.885 bits per heavy atom. The van der Waals surface area contributed by atoms with Crippen molar-refractivity contribution in [2.45, 2.75) is 31.6 Å².